The quantitative estimate of drug-likeness (QED) is 0.682. The molecule has 0 aliphatic heterocycles. The van der Waals surface area contributed by atoms with Gasteiger partial charge >= 0.3 is 0 Å². The van der Waals surface area contributed by atoms with Crippen LogP contribution in [0.4, 0.5) is 8.78 Å². The number of hydrogen-bond donors (Lipinski definition) is 2. The molecule has 4 nitrogen and oxygen atoms in total. The summed E-state index contributed by atoms with van der Waals surface area (Å²) in [6.45, 7) is -0.612. The fraction of sp³-hybridized carbons (Fsp3) is 0.875. The SMILES string of the molecule is NC(=O)C1(N)CCC(OCC(F)F)C1. The van der Waals surface area contributed by atoms with E-state index >= 15 is 0 Å². The van der Waals surface area contributed by atoms with E-state index in [1.807, 2.05) is 0 Å². The second kappa shape index (κ2) is 4.18. The molecular formula is C8H14F2N2O2. The Morgan fingerprint density at radius 3 is 2.71 bits per heavy atom. The van der Waals surface area contributed by atoms with Crippen molar-refractivity contribution in [2.24, 2.45) is 11.5 Å². The molecule has 1 fully saturated rings. The molecule has 0 spiro atoms. The molecular weight excluding hydrogens is 194 g/mol. The van der Waals surface area contributed by atoms with E-state index in [9.17, 15) is 13.6 Å². The average Bonchev–Trinajstić information content (AvgIpc) is 2.45. The van der Waals surface area contributed by atoms with Gasteiger partial charge in [-0.2, -0.15) is 0 Å². The largest absolute Gasteiger partial charge is 0.372 e. The second-order valence-corrected chi connectivity index (χ2v) is 3.61. The van der Waals surface area contributed by atoms with Crippen LogP contribution in [-0.4, -0.2) is 30.6 Å². The van der Waals surface area contributed by atoms with Crippen LogP contribution in [0.15, 0.2) is 0 Å². The number of halogens is 2. The maximum atomic E-state index is 11.8. The molecule has 0 bridgehead atoms. The van der Waals surface area contributed by atoms with E-state index in [4.69, 9.17) is 16.2 Å². The minimum Gasteiger partial charge on any atom is -0.372 e. The van der Waals surface area contributed by atoms with Gasteiger partial charge in [-0.15, -0.1) is 0 Å². The molecule has 1 amide bonds. The molecule has 1 aliphatic rings. The van der Waals surface area contributed by atoms with Crippen molar-refractivity contribution in [1.82, 2.24) is 0 Å². The predicted molar refractivity (Wildman–Crippen MR) is 45.7 cm³/mol. The molecule has 6 heteroatoms. The van der Waals surface area contributed by atoms with Gasteiger partial charge < -0.3 is 16.2 Å². The maximum absolute atomic E-state index is 11.8. The lowest BCUT2D eigenvalue weighted by Gasteiger charge is -2.19. The van der Waals surface area contributed by atoms with E-state index < -0.39 is 24.5 Å². The van der Waals surface area contributed by atoms with Gasteiger partial charge in [-0.3, -0.25) is 4.79 Å². The first-order chi connectivity index (χ1) is 6.44. The van der Waals surface area contributed by atoms with Crippen LogP contribution in [0.3, 0.4) is 0 Å². The summed E-state index contributed by atoms with van der Waals surface area (Å²) in [6.07, 6.45) is -1.73. The zero-order valence-electron chi connectivity index (χ0n) is 7.71. The van der Waals surface area contributed by atoms with E-state index in [0.29, 0.717) is 12.8 Å². The van der Waals surface area contributed by atoms with Crippen LogP contribution in [0.25, 0.3) is 0 Å². The highest BCUT2D eigenvalue weighted by atomic mass is 19.3. The van der Waals surface area contributed by atoms with Gasteiger partial charge in [-0.25, -0.2) is 8.78 Å². The van der Waals surface area contributed by atoms with Gasteiger partial charge in [0.25, 0.3) is 6.43 Å². The molecule has 4 N–H and O–H groups in total. The fourth-order valence-electron chi connectivity index (χ4n) is 1.60. The van der Waals surface area contributed by atoms with Crippen molar-refractivity contribution in [3.05, 3.63) is 0 Å². The molecule has 0 aromatic carbocycles. The Kier molecular flexibility index (Phi) is 3.38. The highest BCUT2D eigenvalue weighted by Crippen LogP contribution is 2.29. The molecule has 1 rings (SSSR count). The summed E-state index contributed by atoms with van der Waals surface area (Å²) in [5.74, 6) is -0.597. The summed E-state index contributed by atoms with van der Waals surface area (Å²) in [4.78, 5) is 10.9. The number of ether oxygens (including phenoxy) is 1. The number of amides is 1. The van der Waals surface area contributed by atoms with Gasteiger partial charge in [-0.05, 0) is 12.8 Å². The number of hydrogen-bond acceptors (Lipinski definition) is 3. The Hall–Kier alpha value is -0.750. The molecule has 1 aliphatic carbocycles. The second-order valence-electron chi connectivity index (χ2n) is 3.61. The number of carbonyl (C=O) groups excluding carboxylic acids is 1. The van der Waals surface area contributed by atoms with Crippen molar-refractivity contribution in [1.29, 1.82) is 0 Å². The van der Waals surface area contributed by atoms with Crippen LogP contribution in [0.1, 0.15) is 19.3 Å². The van der Waals surface area contributed by atoms with Crippen molar-refractivity contribution in [3.8, 4) is 0 Å². The first-order valence-electron chi connectivity index (χ1n) is 4.42. The maximum Gasteiger partial charge on any atom is 0.261 e. The summed E-state index contributed by atoms with van der Waals surface area (Å²) >= 11 is 0. The molecule has 0 saturated heterocycles. The molecule has 14 heavy (non-hydrogen) atoms. The lowest BCUT2D eigenvalue weighted by Crippen LogP contribution is -2.50. The third kappa shape index (κ3) is 2.62. The number of rotatable bonds is 4. The van der Waals surface area contributed by atoms with Crippen molar-refractivity contribution in [3.63, 3.8) is 0 Å². The number of alkyl halides is 2. The summed E-state index contributed by atoms with van der Waals surface area (Å²) in [7, 11) is 0. The zero-order valence-corrected chi connectivity index (χ0v) is 7.71. The Bertz CT molecular complexity index is 225. The monoisotopic (exact) mass is 208 g/mol. The molecule has 0 aromatic rings. The van der Waals surface area contributed by atoms with Crippen LogP contribution in [0.2, 0.25) is 0 Å². The standard InChI is InChI=1S/C8H14F2N2O2/c9-6(10)4-14-5-1-2-8(12,3-5)7(11)13/h5-6H,1-4,12H2,(H2,11,13). The number of carbonyl (C=O) groups is 1. The topological polar surface area (TPSA) is 78.3 Å². The zero-order chi connectivity index (χ0) is 10.8. The summed E-state index contributed by atoms with van der Waals surface area (Å²) < 4.78 is 28.5. The predicted octanol–water partition coefficient (Wildman–Crippen LogP) is 0.00340. The fourth-order valence-corrected chi connectivity index (χ4v) is 1.60. The normalized spacial score (nSPS) is 32.4. The Labute approximate surface area is 80.6 Å². The molecule has 2 unspecified atom stereocenters. The highest BCUT2D eigenvalue weighted by molar-refractivity contribution is 5.84. The Balaban J connectivity index is 2.37. The van der Waals surface area contributed by atoms with Crippen molar-refractivity contribution in [2.75, 3.05) is 6.61 Å². The van der Waals surface area contributed by atoms with Crippen LogP contribution in [0.5, 0.6) is 0 Å². The van der Waals surface area contributed by atoms with E-state index in [2.05, 4.69) is 0 Å². The Morgan fingerprint density at radius 1 is 1.64 bits per heavy atom. The van der Waals surface area contributed by atoms with Crippen LogP contribution in [0, 0.1) is 0 Å². The van der Waals surface area contributed by atoms with Gasteiger partial charge in [0, 0.05) is 6.42 Å². The third-order valence-electron chi connectivity index (χ3n) is 2.45. The lowest BCUT2D eigenvalue weighted by atomic mass is 9.99. The van der Waals surface area contributed by atoms with Gasteiger partial charge in [0.05, 0.1) is 11.6 Å². The minimum atomic E-state index is -2.49. The summed E-state index contributed by atoms with van der Waals surface area (Å²) in [5, 5.41) is 0. The molecule has 0 radical (unpaired) electrons. The van der Waals surface area contributed by atoms with Crippen molar-refractivity contribution in [2.45, 2.75) is 37.3 Å². The molecule has 0 heterocycles. The first-order valence-corrected chi connectivity index (χ1v) is 4.42. The van der Waals surface area contributed by atoms with E-state index in [1.165, 1.54) is 0 Å². The van der Waals surface area contributed by atoms with Gasteiger partial charge in [0.2, 0.25) is 5.91 Å². The van der Waals surface area contributed by atoms with Gasteiger partial charge in [-0.1, -0.05) is 0 Å². The minimum absolute atomic E-state index is 0.231. The van der Waals surface area contributed by atoms with Crippen molar-refractivity contribution >= 4 is 5.91 Å². The molecule has 1 saturated carbocycles. The van der Waals surface area contributed by atoms with Crippen LogP contribution in [-0.2, 0) is 9.53 Å². The van der Waals surface area contributed by atoms with Gasteiger partial charge in [0.15, 0.2) is 0 Å². The summed E-state index contributed by atoms with van der Waals surface area (Å²) in [6, 6.07) is 0. The lowest BCUT2D eigenvalue weighted by molar-refractivity contribution is -0.123. The number of primary amides is 1. The van der Waals surface area contributed by atoms with E-state index in [1.54, 1.807) is 0 Å². The van der Waals surface area contributed by atoms with Crippen LogP contribution >= 0.6 is 0 Å². The highest BCUT2D eigenvalue weighted by Gasteiger charge is 2.41. The van der Waals surface area contributed by atoms with E-state index in [0.717, 1.165) is 0 Å². The van der Waals surface area contributed by atoms with Crippen molar-refractivity contribution < 1.29 is 18.3 Å². The third-order valence-corrected chi connectivity index (χ3v) is 2.45. The van der Waals surface area contributed by atoms with Crippen LogP contribution < -0.4 is 11.5 Å². The summed E-state index contributed by atoms with van der Waals surface area (Å²) in [5.41, 5.74) is 9.66. The molecule has 2 atom stereocenters. The number of nitrogens with two attached hydrogens (primary N) is 2. The average molecular weight is 208 g/mol. The van der Waals surface area contributed by atoms with Gasteiger partial charge in [0.1, 0.15) is 6.61 Å². The Morgan fingerprint density at radius 2 is 2.29 bits per heavy atom. The molecule has 82 valence electrons. The molecule has 0 aromatic heterocycles. The van der Waals surface area contributed by atoms with E-state index in [-0.39, 0.29) is 12.5 Å². The first kappa shape index (κ1) is 11.3. The smallest absolute Gasteiger partial charge is 0.261 e.